The van der Waals surface area contributed by atoms with Crippen LogP contribution >= 0.6 is 0 Å². The Morgan fingerprint density at radius 3 is 2.15 bits per heavy atom. The molecule has 1 rings (SSSR count). The molecule has 0 nitrogen and oxygen atoms in total. The third kappa shape index (κ3) is 7.53. The second-order valence-corrected chi connectivity index (χ2v) is 5.41. The van der Waals surface area contributed by atoms with Gasteiger partial charge in [-0.2, -0.15) is 0 Å². The fourth-order valence-electron chi connectivity index (χ4n) is 2.47. The van der Waals surface area contributed by atoms with Gasteiger partial charge in [-0.1, -0.05) is 83.6 Å². The average molecular weight is 277 g/mol. The molecule has 0 aromatic heterocycles. The maximum Gasteiger partial charge on any atom is -0.0104 e. The second kappa shape index (κ2) is 11.8. The Hall–Kier alpha value is -1.04. The van der Waals surface area contributed by atoms with E-state index in [0.29, 0.717) is 5.41 Å². The Kier molecular flexibility index (Phi) is 12.5. The fourth-order valence-corrected chi connectivity index (χ4v) is 2.47. The van der Waals surface area contributed by atoms with Gasteiger partial charge in [0.25, 0.3) is 0 Å². The van der Waals surface area contributed by atoms with Gasteiger partial charge >= 0.3 is 0 Å². The van der Waals surface area contributed by atoms with E-state index in [0.717, 1.165) is 0 Å². The normalized spacial score (nSPS) is 17.9. The van der Waals surface area contributed by atoms with Gasteiger partial charge in [-0.3, -0.25) is 0 Å². The van der Waals surface area contributed by atoms with Crippen molar-refractivity contribution >= 4 is 0 Å². The summed E-state index contributed by atoms with van der Waals surface area (Å²) in [6.45, 7) is 20.8. The highest BCUT2D eigenvalue weighted by Gasteiger charge is 2.26. The Labute approximate surface area is 128 Å². The van der Waals surface area contributed by atoms with Gasteiger partial charge in [0.1, 0.15) is 0 Å². The van der Waals surface area contributed by atoms with Crippen molar-refractivity contribution in [1.29, 1.82) is 0 Å². The van der Waals surface area contributed by atoms with Crippen LogP contribution < -0.4 is 0 Å². The minimum atomic E-state index is 0.341. The lowest BCUT2D eigenvalue weighted by Crippen LogP contribution is -2.19. The summed E-state index contributed by atoms with van der Waals surface area (Å²) in [5.74, 6) is 0. The number of allylic oxidation sites excluding steroid dienone is 7. The molecule has 0 aromatic carbocycles. The van der Waals surface area contributed by atoms with Gasteiger partial charge in [0.2, 0.25) is 0 Å². The molecule has 0 heteroatoms. The fraction of sp³-hybridized carbons (Fsp3) is 0.600. The van der Waals surface area contributed by atoms with Crippen molar-refractivity contribution in [3.8, 4) is 0 Å². The summed E-state index contributed by atoms with van der Waals surface area (Å²) in [6, 6.07) is 0. The Bertz CT molecular complexity index is 348. The lowest BCUT2D eigenvalue weighted by Gasteiger charge is -2.32. The molecule has 0 saturated heterocycles. The van der Waals surface area contributed by atoms with Crippen molar-refractivity contribution in [2.45, 2.75) is 74.7 Å². The van der Waals surface area contributed by atoms with Crippen LogP contribution in [0.3, 0.4) is 0 Å². The molecule has 1 aliphatic rings. The first-order valence-electron chi connectivity index (χ1n) is 8.15. The molecule has 1 aliphatic carbocycles. The van der Waals surface area contributed by atoms with Crippen molar-refractivity contribution in [3.05, 3.63) is 47.6 Å². The van der Waals surface area contributed by atoms with E-state index in [1.165, 1.54) is 30.4 Å². The van der Waals surface area contributed by atoms with E-state index in [4.69, 9.17) is 0 Å². The molecule has 0 aromatic rings. The Morgan fingerprint density at radius 1 is 1.15 bits per heavy atom. The molecular weight excluding hydrogens is 240 g/mol. The summed E-state index contributed by atoms with van der Waals surface area (Å²) in [4.78, 5) is 0. The zero-order valence-electron chi connectivity index (χ0n) is 15.1. The summed E-state index contributed by atoms with van der Waals surface area (Å²) in [7, 11) is 0. The monoisotopic (exact) mass is 276 g/mol. The lowest BCUT2D eigenvalue weighted by molar-refractivity contribution is 0.377. The predicted molar refractivity (Wildman–Crippen MR) is 96.1 cm³/mol. The van der Waals surface area contributed by atoms with Crippen LogP contribution in [0, 0.1) is 5.41 Å². The van der Waals surface area contributed by atoms with Gasteiger partial charge in [0.15, 0.2) is 0 Å². The molecule has 0 fully saturated rings. The smallest absolute Gasteiger partial charge is 0.0104 e. The van der Waals surface area contributed by atoms with Crippen molar-refractivity contribution in [3.63, 3.8) is 0 Å². The Morgan fingerprint density at radius 2 is 1.70 bits per heavy atom. The largest absolute Gasteiger partial charge is 0.0991 e. The summed E-state index contributed by atoms with van der Waals surface area (Å²) >= 11 is 0. The number of rotatable bonds is 3. The van der Waals surface area contributed by atoms with Gasteiger partial charge in [-0.15, -0.1) is 0 Å². The molecule has 20 heavy (non-hydrogen) atoms. The molecule has 0 radical (unpaired) electrons. The van der Waals surface area contributed by atoms with Crippen molar-refractivity contribution in [2.75, 3.05) is 0 Å². The molecule has 0 spiro atoms. The van der Waals surface area contributed by atoms with E-state index in [9.17, 15) is 0 Å². The van der Waals surface area contributed by atoms with Gasteiger partial charge in [0, 0.05) is 0 Å². The molecular formula is C20H36. The standard InChI is InChI=1S/C16H24.2C2H6/c1-6-8-13(2)10-11-15-14(3)9-7-12-16(15,4)5;2*1-2/h6,8,10-11H,1,7,9,12H2,2-5H3;2*1-2H3/b11-10+,13-8+;;. The van der Waals surface area contributed by atoms with Crippen LogP contribution in [0.2, 0.25) is 0 Å². The molecule has 0 saturated carbocycles. The maximum atomic E-state index is 3.72. The van der Waals surface area contributed by atoms with Crippen LogP contribution in [-0.4, -0.2) is 0 Å². The van der Waals surface area contributed by atoms with E-state index >= 15 is 0 Å². The molecule has 0 heterocycles. The van der Waals surface area contributed by atoms with Crippen LogP contribution in [0.4, 0.5) is 0 Å². The maximum absolute atomic E-state index is 3.72. The summed E-state index contributed by atoms with van der Waals surface area (Å²) in [5.41, 5.74) is 4.68. The van der Waals surface area contributed by atoms with Crippen molar-refractivity contribution < 1.29 is 0 Å². The van der Waals surface area contributed by atoms with Crippen LogP contribution in [-0.2, 0) is 0 Å². The minimum Gasteiger partial charge on any atom is -0.0991 e. The van der Waals surface area contributed by atoms with Crippen molar-refractivity contribution in [1.82, 2.24) is 0 Å². The molecule has 0 bridgehead atoms. The first-order valence-corrected chi connectivity index (χ1v) is 8.15. The highest BCUT2D eigenvalue weighted by Crippen LogP contribution is 2.40. The zero-order valence-corrected chi connectivity index (χ0v) is 15.1. The molecule has 0 atom stereocenters. The van der Waals surface area contributed by atoms with Crippen LogP contribution in [0.5, 0.6) is 0 Å². The highest BCUT2D eigenvalue weighted by molar-refractivity contribution is 5.36. The molecule has 0 amide bonds. The first-order chi connectivity index (χ1) is 9.47. The topological polar surface area (TPSA) is 0 Å². The van der Waals surface area contributed by atoms with E-state index in [-0.39, 0.29) is 0 Å². The first kappa shape index (κ1) is 21.3. The third-order valence-corrected chi connectivity index (χ3v) is 3.44. The summed E-state index contributed by atoms with van der Waals surface area (Å²) in [6.07, 6.45) is 12.3. The zero-order chi connectivity index (χ0) is 16.2. The van der Waals surface area contributed by atoms with Crippen LogP contribution in [0.25, 0.3) is 0 Å². The Balaban J connectivity index is 0. The second-order valence-electron chi connectivity index (χ2n) is 5.41. The summed E-state index contributed by atoms with van der Waals surface area (Å²) in [5, 5.41) is 0. The lowest BCUT2D eigenvalue weighted by atomic mass is 9.72. The average Bonchev–Trinajstić information content (AvgIpc) is 2.42. The van der Waals surface area contributed by atoms with Gasteiger partial charge in [0.05, 0.1) is 0 Å². The number of hydrogen-bond donors (Lipinski definition) is 0. The van der Waals surface area contributed by atoms with Gasteiger partial charge in [-0.05, 0) is 44.1 Å². The molecule has 116 valence electrons. The SMILES string of the molecule is C=C/C=C(C)/C=C/C1=C(C)CCCC1(C)C.CC.CC. The molecule has 0 N–H and O–H groups in total. The van der Waals surface area contributed by atoms with Gasteiger partial charge in [-0.25, -0.2) is 0 Å². The quantitative estimate of drug-likeness (QED) is 0.476. The highest BCUT2D eigenvalue weighted by atomic mass is 14.3. The predicted octanol–water partition coefficient (Wildman–Crippen LogP) is 7.25. The summed E-state index contributed by atoms with van der Waals surface area (Å²) < 4.78 is 0. The van der Waals surface area contributed by atoms with E-state index in [2.05, 4.69) is 46.4 Å². The number of hydrogen-bond acceptors (Lipinski definition) is 0. The van der Waals surface area contributed by atoms with Crippen molar-refractivity contribution in [2.24, 2.45) is 5.41 Å². The molecule has 0 aliphatic heterocycles. The third-order valence-electron chi connectivity index (χ3n) is 3.44. The van der Waals surface area contributed by atoms with Crippen LogP contribution in [0.1, 0.15) is 74.7 Å². The van der Waals surface area contributed by atoms with E-state index < -0.39 is 0 Å². The van der Waals surface area contributed by atoms with Gasteiger partial charge < -0.3 is 0 Å². The molecule has 0 unspecified atom stereocenters. The van der Waals surface area contributed by atoms with E-state index in [1.54, 1.807) is 5.57 Å². The minimum absolute atomic E-state index is 0.341. The van der Waals surface area contributed by atoms with E-state index in [1.807, 2.05) is 39.8 Å². The van der Waals surface area contributed by atoms with Crippen LogP contribution in [0.15, 0.2) is 47.6 Å².